The van der Waals surface area contributed by atoms with Crippen molar-refractivity contribution in [3.63, 3.8) is 0 Å². The fourth-order valence-electron chi connectivity index (χ4n) is 1.49. The van der Waals surface area contributed by atoms with E-state index in [1.54, 1.807) is 42.5 Å². The Kier molecular flexibility index (Phi) is 6.07. The van der Waals surface area contributed by atoms with Crippen LogP contribution >= 0.6 is 34.8 Å². The van der Waals surface area contributed by atoms with Gasteiger partial charge >= 0.3 is 0 Å². The molecule has 0 fully saturated rings. The van der Waals surface area contributed by atoms with E-state index in [1.807, 2.05) is 0 Å². The van der Waals surface area contributed by atoms with Crippen LogP contribution in [-0.4, -0.2) is 18.7 Å². The number of ether oxygens (including phenoxy) is 1. The number of hydrazone groups is 1. The predicted octanol–water partition coefficient (Wildman–Crippen LogP) is 4.18. The van der Waals surface area contributed by atoms with E-state index in [-0.39, 0.29) is 6.61 Å². The normalized spacial score (nSPS) is 10.7. The van der Waals surface area contributed by atoms with Crippen molar-refractivity contribution in [2.75, 3.05) is 6.61 Å². The molecule has 0 saturated heterocycles. The van der Waals surface area contributed by atoms with E-state index in [1.165, 1.54) is 6.21 Å². The SMILES string of the molecule is O=C(COc1ccc(Cl)cc1)NN=Cc1ccc(Cl)cc1Cl. The summed E-state index contributed by atoms with van der Waals surface area (Å²) in [4.78, 5) is 11.6. The van der Waals surface area contributed by atoms with Gasteiger partial charge in [-0.05, 0) is 36.4 Å². The number of hydrogen-bond acceptors (Lipinski definition) is 3. The zero-order valence-corrected chi connectivity index (χ0v) is 13.5. The molecule has 0 heterocycles. The van der Waals surface area contributed by atoms with Crippen LogP contribution < -0.4 is 10.2 Å². The van der Waals surface area contributed by atoms with Gasteiger partial charge in [0.15, 0.2) is 6.61 Å². The molecule has 0 bridgehead atoms. The smallest absolute Gasteiger partial charge is 0.277 e. The zero-order chi connectivity index (χ0) is 15.9. The van der Waals surface area contributed by atoms with Gasteiger partial charge in [-0.3, -0.25) is 4.79 Å². The lowest BCUT2D eigenvalue weighted by molar-refractivity contribution is -0.123. The average Bonchev–Trinajstić information content (AvgIpc) is 2.49. The molecule has 0 aromatic heterocycles. The van der Waals surface area contributed by atoms with Crippen molar-refractivity contribution in [3.8, 4) is 5.75 Å². The Morgan fingerprint density at radius 2 is 1.77 bits per heavy atom. The van der Waals surface area contributed by atoms with Crippen LogP contribution in [0.5, 0.6) is 5.75 Å². The molecule has 0 aliphatic carbocycles. The molecule has 0 unspecified atom stereocenters. The maximum Gasteiger partial charge on any atom is 0.277 e. The molecule has 0 atom stereocenters. The van der Waals surface area contributed by atoms with Crippen LogP contribution in [0.3, 0.4) is 0 Å². The molecule has 0 saturated carbocycles. The largest absolute Gasteiger partial charge is 0.484 e. The second kappa shape index (κ2) is 8.03. The standard InChI is InChI=1S/C15H11Cl3N2O2/c16-11-3-5-13(6-4-11)22-9-15(21)20-19-8-10-1-2-12(17)7-14(10)18/h1-8H,9H2,(H,20,21). The number of carbonyl (C=O) groups is 1. The summed E-state index contributed by atoms with van der Waals surface area (Å²) < 4.78 is 5.28. The van der Waals surface area contributed by atoms with Gasteiger partial charge in [0.1, 0.15) is 5.75 Å². The summed E-state index contributed by atoms with van der Waals surface area (Å²) in [7, 11) is 0. The Morgan fingerprint density at radius 1 is 1.09 bits per heavy atom. The average molecular weight is 358 g/mol. The molecule has 22 heavy (non-hydrogen) atoms. The van der Waals surface area contributed by atoms with Crippen molar-refractivity contribution in [2.45, 2.75) is 0 Å². The number of hydrogen-bond donors (Lipinski definition) is 1. The quantitative estimate of drug-likeness (QED) is 0.645. The molecule has 0 radical (unpaired) electrons. The topological polar surface area (TPSA) is 50.7 Å². The maximum atomic E-state index is 11.6. The van der Waals surface area contributed by atoms with Crippen LogP contribution in [-0.2, 0) is 4.79 Å². The van der Waals surface area contributed by atoms with E-state index < -0.39 is 5.91 Å². The Labute approximate surface area is 142 Å². The fourth-order valence-corrected chi connectivity index (χ4v) is 2.08. The minimum Gasteiger partial charge on any atom is -0.484 e. The minimum atomic E-state index is -0.392. The minimum absolute atomic E-state index is 0.159. The van der Waals surface area contributed by atoms with E-state index in [2.05, 4.69) is 10.5 Å². The highest BCUT2D eigenvalue weighted by Crippen LogP contribution is 2.19. The summed E-state index contributed by atoms with van der Waals surface area (Å²) in [6, 6.07) is 11.7. The lowest BCUT2D eigenvalue weighted by Gasteiger charge is -2.04. The molecular weight excluding hydrogens is 347 g/mol. The van der Waals surface area contributed by atoms with Gasteiger partial charge in [0.05, 0.1) is 11.2 Å². The molecule has 2 aromatic rings. The molecule has 0 aliphatic rings. The molecule has 7 heteroatoms. The first kappa shape index (κ1) is 16.6. The highest BCUT2D eigenvalue weighted by atomic mass is 35.5. The second-order valence-corrected chi connectivity index (χ2v) is 5.48. The third kappa shape index (κ3) is 5.22. The van der Waals surface area contributed by atoms with E-state index in [0.717, 1.165) is 0 Å². The number of rotatable bonds is 5. The molecule has 2 rings (SSSR count). The molecule has 114 valence electrons. The monoisotopic (exact) mass is 356 g/mol. The summed E-state index contributed by atoms with van der Waals surface area (Å²) in [6.45, 7) is -0.159. The Hall–Kier alpha value is -1.75. The van der Waals surface area contributed by atoms with Gasteiger partial charge in [-0.2, -0.15) is 5.10 Å². The number of halogens is 3. The second-order valence-electron chi connectivity index (χ2n) is 4.20. The first-order valence-electron chi connectivity index (χ1n) is 6.20. The van der Waals surface area contributed by atoms with Crippen molar-refractivity contribution in [1.29, 1.82) is 0 Å². The van der Waals surface area contributed by atoms with E-state index >= 15 is 0 Å². The fraction of sp³-hybridized carbons (Fsp3) is 0.0667. The van der Waals surface area contributed by atoms with Crippen LogP contribution in [0.2, 0.25) is 15.1 Å². The summed E-state index contributed by atoms with van der Waals surface area (Å²) in [6.07, 6.45) is 1.43. The highest BCUT2D eigenvalue weighted by molar-refractivity contribution is 6.36. The number of benzene rings is 2. The van der Waals surface area contributed by atoms with Crippen molar-refractivity contribution >= 4 is 46.9 Å². The van der Waals surface area contributed by atoms with Gasteiger partial charge in [-0.1, -0.05) is 40.9 Å². The van der Waals surface area contributed by atoms with E-state index in [4.69, 9.17) is 39.5 Å². The van der Waals surface area contributed by atoms with Crippen molar-refractivity contribution < 1.29 is 9.53 Å². The van der Waals surface area contributed by atoms with Gasteiger partial charge in [0.2, 0.25) is 0 Å². The van der Waals surface area contributed by atoms with Gasteiger partial charge < -0.3 is 4.74 Å². The van der Waals surface area contributed by atoms with Crippen molar-refractivity contribution in [1.82, 2.24) is 5.43 Å². The highest BCUT2D eigenvalue weighted by Gasteiger charge is 2.02. The summed E-state index contributed by atoms with van der Waals surface area (Å²) >= 11 is 17.5. The molecular formula is C15H11Cl3N2O2. The number of carbonyl (C=O) groups excluding carboxylic acids is 1. The van der Waals surface area contributed by atoms with Gasteiger partial charge in [0.25, 0.3) is 5.91 Å². The van der Waals surface area contributed by atoms with Crippen LogP contribution in [0.15, 0.2) is 47.6 Å². The van der Waals surface area contributed by atoms with Gasteiger partial charge in [0, 0.05) is 15.6 Å². The van der Waals surface area contributed by atoms with Gasteiger partial charge in [-0.25, -0.2) is 5.43 Å². The van der Waals surface area contributed by atoms with Crippen LogP contribution in [0.1, 0.15) is 5.56 Å². The lowest BCUT2D eigenvalue weighted by Crippen LogP contribution is -2.24. The van der Waals surface area contributed by atoms with Crippen molar-refractivity contribution in [2.24, 2.45) is 5.10 Å². The first-order valence-corrected chi connectivity index (χ1v) is 7.33. The Balaban J connectivity index is 1.82. The molecule has 1 N–H and O–H groups in total. The lowest BCUT2D eigenvalue weighted by atomic mass is 10.2. The summed E-state index contributed by atoms with van der Waals surface area (Å²) in [5.74, 6) is 0.153. The van der Waals surface area contributed by atoms with Crippen LogP contribution in [0.4, 0.5) is 0 Å². The van der Waals surface area contributed by atoms with Crippen molar-refractivity contribution in [3.05, 3.63) is 63.1 Å². The number of nitrogens with one attached hydrogen (secondary N) is 1. The molecule has 0 aliphatic heterocycles. The Morgan fingerprint density at radius 3 is 2.45 bits per heavy atom. The summed E-state index contributed by atoms with van der Waals surface area (Å²) in [5, 5.41) is 5.38. The predicted molar refractivity (Wildman–Crippen MR) is 89.1 cm³/mol. The third-order valence-electron chi connectivity index (χ3n) is 2.54. The zero-order valence-electron chi connectivity index (χ0n) is 11.2. The van der Waals surface area contributed by atoms with Crippen LogP contribution in [0.25, 0.3) is 0 Å². The molecule has 0 spiro atoms. The molecule has 4 nitrogen and oxygen atoms in total. The van der Waals surface area contributed by atoms with Gasteiger partial charge in [-0.15, -0.1) is 0 Å². The van der Waals surface area contributed by atoms with E-state index in [9.17, 15) is 4.79 Å². The third-order valence-corrected chi connectivity index (χ3v) is 3.35. The number of amides is 1. The first-order chi connectivity index (χ1) is 10.5. The van der Waals surface area contributed by atoms with Crippen LogP contribution in [0, 0.1) is 0 Å². The van der Waals surface area contributed by atoms with E-state index in [0.29, 0.717) is 26.4 Å². The Bertz CT molecular complexity index is 688. The molecule has 2 aromatic carbocycles. The number of nitrogens with zero attached hydrogens (tertiary/aromatic N) is 1. The molecule has 1 amide bonds. The maximum absolute atomic E-state index is 11.6. The summed E-state index contributed by atoms with van der Waals surface area (Å²) in [5.41, 5.74) is 2.99.